The Morgan fingerprint density at radius 1 is 1.29 bits per heavy atom. The largest absolute Gasteiger partial charge is 0.376 e. The van der Waals surface area contributed by atoms with Crippen molar-refractivity contribution in [3.63, 3.8) is 0 Å². The molecule has 0 fully saturated rings. The van der Waals surface area contributed by atoms with E-state index in [4.69, 9.17) is 0 Å². The summed E-state index contributed by atoms with van der Waals surface area (Å²) in [5.41, 5.74) is 3.39. The summed E-state index contributed by atoms with van der Waals surface area (Å²) in [5, 5.41) is 6.05. The average Bonchev–Trinajstić information content (AvgIpc) is 2.27. The first-order chi connectivity index (χ1) is 7.99. The van der Waals surface area contributed by atoms with E-state index in [2.05, 4.69) is 42.7 Å². The van der Waals surface area contributed by atoms with Crippen molar-refractivity contribution in [2.24, 2.45) is 5.92 Å². The number of anilines is 1. The van der Waals surface area contributed by atoms with Gasteiger partial charge in [0.05, 0.1) is 6.54 Å². The van der Waals surface area contributed by atoms with Crippen LogP contribution in [0.5, 0.6) is 0 Å². The standard InChI is InChI=1S/C14H22N2O/c1-10(2)8-16-14(17)9-15-13-7-11(3)5-6-12(13)4/h5-7,10,15H,8-9H2,1-4H3,(H,16,17). The summed E-state index contributed by atoms with van der Waals surface area (Å²) < 4.78 is 0. The maximum atomic E-state index is 11.5. The molecule has 0 atom stereocenters. The third-order valence-electron chi connectivity index (χ3n) is 2.54. The van der Waals surface area contributed by atoms with Gasteiger partial charge in [0.15, 0.2) is 0 Å². The molecule has 2 N–H and O–H groups in total. The van der Waals surface area contributed by atoms with Gasteiger partial charge in [0.25, 0.3) is 0 Å². The van der Waals surface area contributed by atoms with Gasteiger partial charge in [-0.25, -0.2) is 0 Å². The van der Waals surface area contributed by atoms with Crippen LogP contribution < -0.4 is 10.6 Å². The molecule has 94 valence electrons. The number of hydrogen-bond acceptors (Lipinski definition) is 2. The Kier molecular flexibility index (Phi) is 5.01. The van der Waals surface area contributed by atoms with Gasteiger partial charge in [-0.05, 0) is 37.0 Å². The van der Waals surface area contributed by atoms with E-state index in [-0.39, 0.29) is 5.91 Å². The third kappa shape index (κ3) is 4.89. The quantitative estimate of drug-likeness (QED) is 0.822. The van der Waals surface area contributed by atoms with Gasteiger partial charge in [-0.15, -0.1) is 0 Å². The molecule has 0 unspecified atom stereocenters. The van der Waals surface area contributed by atoms with Crippen molar-refractivity contribution in [1.82, 2.24) is 5.32 Å². The Labute approximate surface area is 104 Å². The van der Waals surface area contributed by atoms with Crippen molar-refractivity contribution < 1.29 is 4.79 Å². The van der Waals surface area contributed by atoms with Gasteiger partial charge >= 0.3 is 0 Å². The first-order valence-electron chi connectivity index (χ1n) is 6.07. The predicted octanol–water partition coefficient (Wildman–Crippen LogP) is 2.49. The van der Waals surface area contributed by atoms with Crippen LogP contribution in [-0.2, 0) is 4.79 Å². The van der Waals surface area contributed by atoms with E-state index in [1.54, 1.807) is 0 Å². The number of nitrogens with one attached hydrogen (secondary N) is 2. The van der Waals surface area contributed by atoms with E-state index in [9.17, 15) is 4.79 Å². The van der Waals surface area contributed by atoms with Crippen LogP contribution >= 0.6 is 0 Å². The van der Waals surface area contributed by atoms with Crippen LogP contribution in [0.4, 0.5) is 5.69 Å². The minimum Gasteiger partial charge on any atom is -0.376 e. The van der Waals surface area contributed by atoms with E-state index in [1.165, 1.54) is 5.56 Å². The molecule has 0 bridgehead atoms. The highest BCUT2D eigenvalue weighted by Gasteiger charge is 2.03. The summed E-state index contributed by atoms with van der Waals surface area (Å²) in [6, 6.07) is 6.19. The SMILES string of the molecule is Cc1ccc(C)c(NCC(=O)NCC(C)C)c1. The lowest BCUT2D eigenvalue weighted by Gasteiger charge is -2.11. The van der Waals surface area contributed by atoms with Crippen LogP contribution in [0.2, 0.25) is 0 Å². The van der Waals surface area contributed by atoms with Crippen LogP contribution in [-0.4, -0.2) is 19.0 Å². The fourth-order valence-corrected chi connectivity index (χ4v) is 1.48. The van der Waals surface area contributed by atoms with Crippen LogP contribution in [0.1, 0.15) is 25.0 Å². The second-order valence-corrected chi connectivity index (χ2v) is 4.87. The minimum atomic E-state index is 0.0413. The molecule has 0 radical (unpaired) electrons. The normalized spacial score (nSPS) is 10.4. The van der Waals surface area contributed by atoms with Crippen molar-refractivity contribution in [3.8, 4) is 0 Å². The van der Waals surface area contributed by atoms with Gasteiger partial charge in [0.1, 0.15) is 0 Å². The molecule has 0 spiro atoms. The molecule has 0 saturated heterocycles. The van der Waals surface area contributed by atoms with E-state index in [0.29, 0.717) is 12.5 Å². The Morgan fingerprint density at radius 2 is 2.00 bits per heavy atom. The Bertz CT molecular complexity index is 386. The highest BCUT2D eigenvalue weighted by Crippen LogP contribution is 2.15. The van der Waals surface area contributed by atoms with E-state index in [0.717, 1.165) is 17.8 Å². The molecule has 1 aromatic rings. The van der Waals surface area contributed by atoms with Crippen LogP contribution in [0.25, 0.3) is 0 Å². The van der Waals surface area contributed by atoms with Gasteiger partial charge in [-0.2, -0.15) is 0 Å². The molecular weight excluding hydrogens is 212 g/mol. The molecule has 1 aromatic carbocycles. The van der Waals surface area contributed by atoms with E-state index < -0.39 is 0 Å². The lowest BCUT2D eigenvalue weighted by Crippen LogP contribution is -2.32. The predicted molar refractivity (Wildman–Crippen MR) is 72.3 cm³/mol. The molecule has 3 nitrogen and oxygen atoms in total. The second kappa shape index (κ2) is 6.28. The third-order valence-corrected chi connectivity index (χ3v) is 2.54. The van der Waals surface area contributed by atoms with Crippen molar-refractivity contribution in [3.05, 3.63) is 29.3 Å². The molecule has 3 heteroatoms. The minimum absolute atomic E-state index is 0.0413. The molecule has 0 aliphatic carbocycles. The van der Waals surface area contributed by atoms with E-state index in [1.807, 2.05) is 13.8 Å². The maximum Gasteiger partial charge on any atom is 0.239 e. The summed E-state index contributed by atoms with van der Waals surface area (Å²) in [6.45, 7) is 9.30. The number of benzene rings is 1. The second-order valence-electron chi connectivity index (χ2n) is 4.87. The number of amides is 1. The lowest BCUT2D eigenvalue weighted by molar-refractivity contribution is -0.119. The monoisotopic (exact) mass is 234 g/mol. The molecular formula is C14H22N2O. The molecule has 0 aromatic heterocycles. The molecule has 0 heterocycles. The summed E-state index contributed by atoms with van der Waals surface area (Å²) in [4.78, 5) is 11.5. The summed E-state index contributed by atoms with van der Waals surface area (Å²) in [7, 11) is 0. The highest BCUT2D eigenvalue weighted by molar-refractivity contribution is 5.80. The number of carbonyl (C=O) groups excluding carboxylic acids is 1. The van der Waals surface area contributed by atoms with E-state index >= 15 is 0 Å². The van der Waals surface area contributed by atoms with Gasteiger partial charge < -0.3 is 10.6 Å². The van der Waals surface area contributed by atoms with Crippen molar-refractivity contribution in [1.29, 1.82) is 0 Å². The summed E-state index contributed by atoms with van der Waals surface area (Å²) in [5.74, 6) is 0.527. The van der Waals surface area contributed by atoms with Crippen LogP contribution in [0.3, 0.4) is 0 Å². The number of carbonyl (C=O) groups is 1. The van der Waals surface area contributed by atoms with Crippen molar-refractivity contribution in [2.45, 2.75) is 27.7 Å². The topological polar surface area (TPSA) is 41.1 Å². The summed E-state index contributed by atoms with van der Waals surface area (Å²) in [6.07, 6.45) is 0. The van der Waals surface area contributed by atoms with Crippen LogP contribution in [0, 0.1) is 19.8 Å². The van der Waals surface area contributed by atoms with Crippen LogP contribution in [0.15, 0.2) is 18.2 Å². The number of aryl methyl sites for hydroxylation is 2. The zero-order valence-corrected chi connectivity index (χ0v) is 11.1. The smallest absolute Gasteiger partial charge is 0.239 e. The van der Waals surface area contributed by atoms with Gasteiger partial charge in [0, 0.05) is 12.2 Å². The van der Waals surface area contributed by atoms with Gasteiger partial charge in [-0.3, -0.25) is 4.79 Å². The fraction of sp³-hybridized carbons (Fsp3) is 0.500. The summed E-state index contributed by atoms with van der Waals surface area (Å²) >= 11 is 0. The average molecular weight is 234 g/mol. The Balaban J connectivity index is 2.44. The van der Waals surface area contributed by atoms with Crippen molar-refractivity contribution >= 4 is 11.6 Å². The molecule has 0 aliphatic heterocycles. The Hall–Kier alpha value is -1.51. The first kappa shape index (κ1) is 13.6. The molecule has 0 saturated carbocycles. The van der Waals surface area contributed by atoms with Gasteiger partial charge in [-0.1, -0.05) is 26.0 Å². The molecule has 1 rings (SSSR count). The molecule has 1 amide bonds. The zero-order chi connectivity index (χ0) is 12.8. The maximum absolute atomic E-state index is 11.5. The Morgan fingerprint density at radius 3 is 2.65 bits per heavy atom. The highest BCUT2D eigenvalue weighted by atomic mass is 16.1. The van der Waals surface area contributed by atoms with Crippen molar-refractivity contribution in [2.75, 3.05) is 18.4 Å². The first-order valence-corrected chi connectivity index (χ1v) is 6.07. The van der Waals surface area contributed by atoms with Gasteiger partial charge in [0.2, 0.25) is 5.91 Å². The number of rotatable bonds is 5. The fourth-order valence-electron chi connectivity index (χ4n) is 1.48. The molecule has 17 heavy (non-hydrogen) atoms. The molecule has 0 aliphatic rings. The number of hydrogen-bond donors (Lipinski definition) is 2. The zero-order valence-electron chi connectivity index (χ0n) is 11.1. The lowest BCUT2D eigenvalue weighted by atomic mass is 10.1.